The molecule has 0 unspecified atom stereocenters. The summed E-state index contributed by atoms with van der Waals surface area (Å²) in [5.41, 5.74) is 13.2. The van der Waals surface area contributed by atoms with E-state index in [0.29, 0.717) is 0 Å². The van der Waals surface area contributed by atoms with Gasteiger partial charge in [-0.25, -0.2) is 0 Å². The van der Waals surface area contributed by atoms with Gasteiger partial charge in [0.1, 0.15) is 0 Å². The minimum atomic E-state index is -2.60. The summed E-state index contributed by atoms with van der Waals surface area (Å²) in [5, 5.41) is 19.0. The zero-order valence-corrected chi connectivity index (χ0v) is 34.3. The monoisotopic (exact) mass is 784 g/mol. The Morgan fingerprint density at radius 1 is 0.230 bits per heavy atom. The maximum Gasteiger partial charge on any atom is 0.182 e. The van der Waals surface area contributed by atoms with Crippen LogP contribution in [0.1, 0.15) is 0 Å². The van der Waals surface area contributed by atoms with Crippen molar-refractivity contribution >= 4 is 82.7 Å². The van der Waals surface area contributed by atoms with E-state index in [-0.39, 0.29) is 0 Å². The van der Waals surface area contributed by atoms with Crippen LogP contribution in [-0.4, -0.2) is 8.07 Å². The Labute approximate surface area is 355 Å². The highest BCUT2D eigenvalue weighted by molar-refractivity contribution is 7.24. The molecule has 1 spiro atoms. The van der Waals surface area contributed by atoms with Crippen LogP contribution < -0.4 is 20.7 Å². The topological polar surface area (TPSA) is 0 Å². The van der Waals surface area contributed by atoms with E-state index in [9.17, 15) is 0 Å². The van der Waals surface area contributed by atoms with Gasteiger partial charge in [0.15, 0.2) is 8.07 Å². The molecular formula is C60H36Si. The quantitative estimate of drug-likeness (QED) is 0.0951. The number of benzene rings is 12. The molecule has 12 aromatic rings. The highest BCUT2D eigenvalue weighted by atomic mass is 28.3. The Kier molecular flexibility index (Phi) is 6.67. The van der Waals surface area contributed by atoms with E-state index in [2.05, 4.69) is 218 Å². The van der Waals surface area contributed by atoms with Crippen molar-refractivity contribution in [3.8, 4) is 55.6 Å². The van der Waals surface area contributed by atoms with Gasteiger partial charge in [-0.2, -0.15) is 0 Å². The summed E-state index contributed by atoms with van der Waals surface area (Å²) in [6.07, 6.45) is 0. The van der Waals surface area contributed by atoms with Gasteiger partial charge in [0.25, 0.3) is 0 Å². The number of hydrogen-bond donors (Lipinski definition) is 0. The van der Waals surface area contributed by atoms with E-state index in [1.54, 1.807) is 0 Å². The maximum atomic E-state index is 2.60. The van der Waals surface area contributed by atoms with E-state index in [4.69, 9.17) is 0 Å². The van der Waals surface area contributed by atoms with Crippen LogP contribution in [0.5, 0.6) is 0 Å². The third kappa shape index (κ3) is 4.33. The zero-order valence-electron chi connectivity index (χ0n) is 33.3. The van der Waals surface area contributed by atoms with Crippen LogP contribution in [0.2, 0.25) is 0 Å². The van der Waals surface area contributed by atoms with Crippen molar-refractivity contribution in [3.63, 3.8) is 0 Å². The van der Waals surface area contributed by atoms with Gasteiger partial charge in [-0.1, -0.05) is 206 Å². The van der Waals surface area contributed by atoms with Gasteiger partial charge in [-0.05, 0) is 142 Å². The highest BCUT2D eigenvalue weighted by Crippen LogP contribution is 2.48. The number of rotatable bonds is 3. The summed E-state index contributed by atoms with van der Waals surface area (Å²) in [4.78, 5) is 0. The van der Waals surface area contributed by atoms with Gasteiger partial charge in [0, 0.05) is 0 Å². The lowest BCUT2D eigenvalue weighted by atomic mass is 9.83. The number of hydrogen-bond acceptors (Lipinski definition) is 0. The molecule has 0 saturated heterocycles. The van der Waals surface area contributed by atoms with Crippen LogP contribution in [0.4, 0.5) is 0 Å². The van der Waals surface area contributed by atoms with E-state index >= 15 is 0 Å². The molecule has 12 aromatic carbocycles. The molecule has 0 radical (unpaired) electrons. The molecule has 0 saturated carbocycles. The molecule has 1 heteroatoms. The molecular weight excluding hydrogens is 749 g/mol. The Morgan fingerprint density at radius 2 is 0.639 bits per heavy atom. The van der Waals surface area contributed by atoms with E-state index < -0.39 is 8.07 Å². The van der Waals surface area contributed by atoms with E-state index in [0.717, 1.165) is 0 Å². The Balaban J connectivity index is 1.03. The minimum Gasteiger partial charge on any atom is -0.0623 e. The van der Waals surface area contributed by atoms with E-state index in [1.165, 1.54) is 130 Å². The molecule has 0 fully saturated rings. The summed E-state index contributed by atoms with van der Waals surface area (Å²) < 4.78 is 0. The Hall–Kier alpha value is -7.58. The molecule has 0 aliphatic carbocycles. The first-order valence-corrected chi connectivity index (χ1v) is 23.4. The first kappa shape index (κ1) is 33.3. The Bertz CT molecular complexity index is 3650. The predicted octanol–water partition coefficient (Wildman–Crippen LogP) is 13.2. The molecule has 0 aromatic heterocycles. The standard InChI is InChI=1S/C60H36Si/c1-2-20-48(43(16-1)42-34-39-30-28-37-14-13-15-38-29-31-40(35-42)58(39)57(37)38)60-51-23-5-3-21-49(51)59(50-22-4-6-24-52(50)60)41-32-33-47-46-19-9-12-27-55(46)61(56(47)36-41)53-25-10-7-17-44(53)45-18-8-11-26-54(45)61/h1-36H. The van der Waals surface area contributed by atoms with Gasteiger partial charge in [0.05, 0.1) is 0 Å². The lowest BCUT2D eigenvalue weighted by Gasteiger charge is -2.28. The van der Waals surface area contributed by atoms with Gasteiger partial charge in [-0.15, -0.1) is 0 Å². The molecule has 61 heavy (non-hydrogen) atoms. The second-order valence-electron chi connectivity index (χ2n) is 17.0. The molecule has 14 rings (SSSR count). The summed E-state index contributed by atoms with van der Waals surface area (Å²) in [6, 6.07) is 83.2. The third-order valence-corrected chi connectivity index (χ3v) is 19.1. The smallest absolute Gasteiger partial charge is 0.0623 e. The maximum absolute atomic E-state index is 2.60. The van der Waals surface area contributed by atoms with Crippen molar-refractivity contribution in [2.24, 2.45) is 0 Å². The number of fused-ring (bicyclic) bond motifs is 12. The average Bonchev–Trinajstić information content (AvgIpc) is 3.79. The molecule has 0 amide bonds. The highest BCUT2D eigenvalue weighted by Gasteiger charge is 2.53. The van der Waals surface area contributed by atoms with Gasteiger partial charge >= 0.3 is 0 Å². The first-order chi connectivity index (χ1) is 30.3. The molecule has 0 N–H and O–H groups in total. The van der Waals surface area contributed by atoms with Crippen LogP contribution in [0.25, 0.3) is 109 Å². The summed E-state index contributed by atoms with van der Waals surface area (Å²) in [7, 11) is -2.60. The molecule has 0 atom stereocenters. The molecule has 2 aliphatic heterocycles. The van der Waals surface area contributed by atoms with Gasteiger partial charge in [-0.3, -0.25) is 0 Å². The average molecular weight is 785 g/mol. The second-order valence-corrected chi connectivity index (χ2v) is 20.7. The van der Waals surface area contributed by atoms with Crippen LogP contribution in [0.15, 0.2) is 218 Å². The van der Waals surface area contributed by atoms with Crippen molar-refractivity contribution in [2.75, 3.05) is 0 Å². The Morgan fingerprint density at radius 3 is 1.18 bits per heavy atom. The predicted molar refractivity (Wildman–Crippen MR) is 263 cm³/mol. The van der Waals surface area contributed by atoms with Gasteiger partial charge in [0.2, 0.25) is 0 Å². The lowest BCUT2D eigenvalue weighted by Crippen LogP contribution is -2.70. The molecule has 2 heterocycles. The molecule has 2 aliphatic rings. The SMILES string of the molecule is c1ccc(-c2c3ccccc3c(-c3ccc4c(c3)[Si]3(c5ccccc5-c5ccccc53)c3ccccc3-4)c3ccccc23)c(-c2cc3ccc4cccc5ccc(c2)c3c45)c1. The van der Waals surface area contributed by atoms with Crippen molar-refractivity contribution in [1.29, 1.82) is 0 Å². The molecule has 0 nitrogen and oxygen atoms in total. The minimum absolute atomic E-state index is 1.24. The second kappa shape index (κ2) is 12.2. The van der Waals surface area contributed by atoms with Crippen LogP contribution in [0, 0.1) is 0 Å². The summed E-state index contributed by atoms with van der Waals surface area (Å²) >= 11 is 0. The largest absolute Gasteiger partial charge is 0.182 e. The van der Waals surface area contributed by atoms with Crippen LogP contribution in [0.3, 0.4) is 0 Å². The third-order valence-electron chi connectivity index (χ3n) is 14.2. The fourth-order valence-corrected chi connectivity index (χ4v) is 17.5. The fraction of sp³-hybridized carbons (Fsp3) is 0. The van der Waals surface area contributed by atoms with Crippen molar-refractivity contribution in [3.05, 3.63) is 218 Å². The van der Waals surface area contributed by atoms with Gasteiger partial charge < -0.3 is 0 Å². The van der Waals surface area contributed by atoms with E-state index in [1.807, 2.05) is 0 Å². The van der Waals surface area contributed by atoms with Crippen LogP contribution in [-0.2, 0) is 0 Å². The molecule has 0 bridgehead atoms. The summed E-state index contributed by atoms with van der Waals surface area (Å²) in [6.45, 7) is 0. The first-order valence-electron chi connectivity index (χ1n) is 21.4. The summed E-state index contributed by atoms with van der Waals surface area (Å²) in [5.74, 6) is 0. The lowest BCUT2D eigenvalue weighted by molar-refractivity contribution is 1.63. The normalized spacial score (nSPS) is 13.4. The van der Waals surface area contributed by atoms with Crippen molar-refractivity contribution in [1.82, 2.24) is 0 Å². The fourth-order valence-electron chi connectivity index (χ4n) is 11.8. The van der Waals surface area contributed by atoms with Crippen molar-refractivity contribution < 1.29 is 0 Å². The zero-order chi connectivity index (χ0) is 39.8. The van der Waals surface area contributed by atoms with Crippen LogP contribution >= 0.6 is 0 Å². The molecule has 280 valence electrons. The van der Waals surface area contributed by atoms with Crippen molar-refractivity contribution in [2.45, 2.75) is 0 Å².